The zero-order valence-electron chi connectivity index (χ0n) is 7.14. The van der Waals surface area contributed by atoms with Crippen molar-refractivity contribution in [3.05, 3.63) is 6.23 Å². The molecule has 57 valence electrons. The predicted octanol–water partition coefficient (Wildman–Crippen LogP) is 1.23. The summed E-state index contributed by atoms with van der Waals surface area (Å²) in [5.74, 6) is 0. The maximum Gasteiger partial charge on any atom is 0.0286 e. The van der Waals surface area contributed by atoms with Gasteiger partial charge in [-0.15, -0.1) is 6.23 Å². The Kier molecular flexibility index (Phi) is 3.99. The van der Waals surface area contributed by atoms with Crippen LogP contribution >= 0.6 is 0 Å². The Morgan fingerprint density at radius 3 is 2.10 bits per heavy atom. The number of hydrogen-bond acceptors (Lipinski definition) is 2. The Morgan fingerprint density at radius 1 is 1.50 bits per heavy atom. The van der Waals surface area contributed by atoms with Gasteiger partial charge in [-0.3, -0.25) is 0 Å². The van der Waals surface area contributed by atoms with E-state index in [0.717, 1.165) is 12.8 Å². The van der Waals surface area contributed by atoms with Crippen LogP contribution in [0.4, 0.5) is 0 Å². The molecule has 0 N–H and O–H groups in total. The third-order valence-electron chi connectivity index (χ3n) is 2.01. The zero-order chi connectivity index (χ0) is 7.07. The van der Waals surface area contributed by atoms with Gasteiger partial charge in [0, 0.05) is 44.9 Å². The second-order valence-electron chi connectivity index (χ2n) is 3.18. The topological polar surface area (TPSA) is 12.5 Å². The summed E-state index contributed by atoms with van der Waals surface area (Å²) in [5, 5.41) is 0. The van der Waals surface area contributed by atoms with Gasteiger partial charge in [-0.05, 0) is 20.9 Å². The number of ether oxygens (including phenoxy) is 1. The van der Waals surface area contributed by atoms with Crippen LogP contribution < -0.4 is 0 Å². The molecule has 1 aliphatic rings. The SMILES string of the molecule is C[C-]1OCC(C)(C)N1C.[Y]. The van der Waals surface area contributed by atoms with Crippen molar-refractivity contribution in [1.29, 1.82) is 0 Å². The molecule has 0 aromatic heterocycles. The van der Waals surface area contributed by atoms with Gasteiger partial charge in [0.05, 0.1) is 0 Å². The van der Waals surface area contributed by atoms with Gasteiger partial charge in [0.1, 0.15) is 0 Å². The first kappa shape index (κ1) is 11.0. The average molecular weight is 217 g/mol. The Labute approximate surface area is 88.2 Å². The first-order valence-electron chi connectivity index (χ1n) is 3.24. The van der Waals surface area contributed by atoms with Gasteiger partial charge >= 0.3 is 0 Å². The van der Waals surface area contributed by atoms with E-state index in [0.29, 0.717) is 0 Å². The van der Waals surface area contributed by atoms with Crippen molar-refractivity contribution in [3.63, 3.8) is 0 Å². The fraction of sp³-hybridized carbons (Fsp3) is 0.857. The van der Waals surface area contributed by atoms with Crippen LogP contribution in [0.1, 0.15) is 20.8 Å². The van der Waals surface area contributed by atoms with Crippen molar-refractivity contribution < 1.29 is 37.4 Å². The van der Waals surface area contributed by atoms with Crippen molar-refractivity contribution in [2.75, 3.05) is 13.7 Å². The molecule has 0 spiro atoms. The van der Waals surface area contributed by atoms with E-state index in [1.54, 1.807) is 0 Å². The third-order valence-corrected chi connectivity index (χ3v) is 2.01. The largest absolute Gasteiger partial charge is 0.533 e. The molecule has 1 aliphatic heterocycles. The molecule has 0 aliphatic carbocycles. The third kappa shape index (κ3) is 2.00. The molecule has 0 amide bonds. The Morgan fingerprint density at radius 2 is 2.00 bits per heavy atom. The summed E-state index contributed by atoms with van der Waals surface area (Å²) in [5.41, 5.74) is 0.198. The molecular weight excluding hydrogens is 203 g/mol. The van der Waals surface area contributed by atoms with Gasteiger partial charge in [0.25, 0.3) is 0 Å². The minimum Gasteiger partial charge on any atom is -0.533 e. The molecule has 2 nitrogen and oxygen atoms in total. The molecule has 1 saturated heterocycles. The summed E-state index contributed by atoms with van der Waals surface area (Å²) in [6.07, 6.45) is 1.03. The normalized spacial score (nSPS) is 26.4. The fourth-order valence-electron chi connectivity index (χ4n) is 0.901. The number of rotatable bonds is 0. The fourth-order valence-corrected chi connectivity index (χ4v) is 0.901. The summed E-state index contributed by atoms with van der Waals surface area (Å²) in [4.78, 5) is 2.16. The van der Waals surface area contributed by atoms with Crippen LogP contribution in [0, 0.1) is 6.23 Å². The van der Waals surface area contributed by atoms with E-state index in [-0.39, 0.29) is 38.2 Å². The van der Waals surface area contributed by atoms with Crippen molar-refractivity contribution in [2.24, 2.45) is 0 Å². The molecule has 0 saturated carbocycles. The van der Waals surface area contributed by atoms with Gasteiger partial charge in [0.15, 0.2) is 0 Å². The quantitative estimate of drug-likeness (QED) is 0.566. The summed E-state index contributed by atoms with van der Waals surface area (Å²) in [6, 6.07) is 0. The number of likely N-dealkylation sites (N-methyl/N-ethyl adjacent to an activating group) is 1. The number of hydrogen-bond donors (Lipinski definition) is 0. The van der Waals surface area contributed by atoms with Crippen molar-refractivity contribution >= 4 is 0 Å². The van der Waals surface area contributed by atoms with Gasteiger partial charge in [-0.2, -0.15) is 6.92 Å². The van der Waals surface area contributed by atoms with Crippen molar-refractivity contribution in [3.8, 4) is 0 Å². The molecule has 10 heavy (non-hydrogen) atoms. The van der Waals surface area contributed by atoms with Crippen molar-refractivity contribution in [2.45, 2.75) is 26.3 Å². The molecule has 1 radical (unpaired) electrons. The average Bonchev–Trinajstić information content (AvgIpc) is 1.97. The Balaban J connectivity index is 0.000000810. The van der Waals surface area contributed by atoms with Crippen LogP contribution in [0.2, 0.25) is 0 Å². The smallest absolute Gasteiger partial charge is 0.0286 e. The van der Waals surface area contributed by atoms with Gasteiger partial charge < -0.3 is 9.64 Å². The minimum absolute atomic E-state index is 0. The summed E-state index contributed by atoms with van der Waals surface area (Å²) >= 11 is 0. The van der Waals surface area contributed by atoms with E-state index in [2.05, 4.69) is 25.8 Å². The molecule has 1 rings (SSSR count). The number of nitrogens with zero attached hydrogens (tertiary/aromatic N) is 1. The van der Waals surface area contributed by atoms with Crippen LogP contribution in [0.3, 0.4) is 0 Å². The van der Waals surface area contributed by atoms with E-state index < -0.39 is 0 Å². The monoisotopic (exact) mass is 217 g/mol. The van der Waals surface area contributed by atoms with Crippen LogP contribution in [0.25, 0.3) is 0 Å². The molecule has 0 atom stereocenters. The summed E-state index contributed by atoms with van der Waals surface area (Å²) < 4.78 is 5.32. The van der Waals surface area contributed by atoms with Crippen LogP contribution in [-0.4, -0.2) is 24.1 Å². The Bertz CT molecular complexity index is 116. The molecular formula is C7H14NOY-. The van der Waals surface area contributed by atoms with E-state index in [9.17, 15) is 0 Å². The van der Waals surface area contributed by atoms with E-state index in [1.807, 2.05) is 6.92 Å². The first-order chi connectivity index (χ1) is 4.04. The van der Waals surface area contributed by atoms with E-state index in [1.165, 1.54) is 0 Å². The van der Waals surface area contributed by atoms with E-state index >= 15 is 0 Å². The molecule has 3 heteroatoms. The summed E-state index contributed by atoms with van der Waals surface area (Å²) in [7, 11) is 2.06. The first-order valence-corrected chi connectivity index (χ1v) is 3.24. The molecule has 0 unspecified atom stereocenters. The van der Waals surface area contributed by atoms with Crippen LogP contribution in [0.5, 0.6) is 0 Å². The van der Waals surface area contributed by atoms with E-state index in [4.69, 9.17) is 4.74 Å². The van der Waals surface area contributed by atoms with Crippen molar-refractivity contribution in [1.82, 2.24) is 4.90 Å². The van der Waals surface area contributed by atoms with Gasteiger partial charge in [-0.25, -0.2) is 0 Å². The minimum atomic E-state index is 0. The predicted molar refractivity (Wildman–Crippen MR) is 36.7 cm³/mol. The molecule has 0 aromatic rings. The standard InChI is InChI=1S/C7H14NO.Y/c1-6-8(4)7(2,3)5-9-6;/h5H2,1-4H3;/q-1;. The maximum absolute atomic E-state index is 5.32. The molecule has 1 fully saturated rings. The molecule has 0 bridgehead atoms. The molecule has 0 aromatic carbocycles. The zero-order valence-corrected chi connectivity index (χ0v) is 9.98. The Hall–Kier alpha value is 1.02. The second-order valence-corrected chi connectivity index (χ2v) is 3.18. The summed E-state index contributed by atoms with van der Waals surface area (Å²) in [6.45, 7) is 7.15. The van der Waals surface area contributed by atoms with Gasteiger partial charge in [0.2, 0.25) is 0 Å². The second kappa shape index (κ2) is 3.62. The molecule has 1 heterocycles. The van der Waals surface area contributed by atoms with Gasteiger partial charge in [-0.1, -0.05) is 0 Å². The maximum atomic E-state index is 5.32. The van der Waals surface area contributed by atoms with Crippen LogP contribution in [-0.2, 0) is 37.4 Å². The van der Waals surface area contributed by atoms with Crippen LogP contribution in [0.15, 0.2) is 0 Å².